The highest BCUT2D eigenvalue weighted by Gasteiger charge is 2.52. The second kappa shape index (κ2) is 10.7. The summed E-state index contributed by atoms with van der Waals surface area (Å²) in [5.74, 6) is 1.60. The summed E-state index contributed by atoms with van der Waals surface area (Å²) in [5, 5.41) is 0.561. The first kappa shape index (κ1) is 26.3. The summed E-state index contributed by atoms with van der Waals surface area (Å²) in [6.45, 7) is 5.91. The van der Waals surface area contributed by atoms with Crippen LogP contribution in [0.15, 0.2) is 71.7 Å². The Kier molecular flexibility index (Phi) is 7.84. The maximum Gasteiger partial charge on any atom is 0.322 e. The van der Waals surface area contributed by atoms with Crippen LogP contribution < -0.4 is 9.47 Å². The Morgan fingerprint density at radius 1 is 1.03 bits per heavy atom. The lowest BCUT2D eigenvalue weighted by Gasteiger charge is -2.36. The van der Waals surface area contributed by atoms with Crippen molar-refractivity contribution in [1.29, 1.82) is 0 Å². The number of amides is 1. The molecule has 0 spiro atoms. The number of aliphatic imine (C=N–C) groups is 1. The van der Waals surface area contributed by atoms with Crippen molar-refractivity contribution in [2.75, 3.05) is 7.11 Å². The summed E-state index contributed by atoms with van der Waals surface area (Å²) in [6, 6.07) is 19.9. The third-order valence-electron chi connectivity index (χ3n) is 6.29. The fourth-order valence-electron chi connectivity index (χ4n) is 4.69. The Morgan fingerprint density at radius 3 is 2.17 bits per heavy atom. The molecule has 0 aliphatic carbocycles. The first-order valence-electron chi connectivity index (χ1n) is 11.6. The molecule has 0 unspecified atom stereocenters. The predicted molar refractivity (Wildman–Crippen MR) is 146 cm³/mol. The average Bonchev–Trinajstić information content (AvgIpc) is 3.21. The topological polar surface area (TPSA) is 51.1 Å². The Balaban J connectivity index is 2.01. The Hall–Kier alpha value is -2.73. The zero-order valence-corrected chi connectivity index (χ0v) is 22.7. The van der Waals surface area contributed by atoms with E-state index in [2.05, 4.69) is 0 Å². The third-order valence-corrected chi connectivity index (χ3v) is 6.98. The third kappa shape index (κ3) is 4.93. The van der Waals surface area contributed by atoms with Gasteiger partial charge in [-0.2, -0.15) is 0 Å². The zero-order chi connectivity index (χ0) is 26.0. The number of hydrogen-bond acceptors (Lipinski definition) is 4. The van der Waals surface area contributed by atoms with Crippen LogP contribution in [-0.4, -0.2) is 29.3 Å². The number of carbonyl (C=O) groups is 1. The fraction of sp³-hybridized carbons (Fsp3) is 0.286. The molecule has 1 heterocycles. The summed E-state index contributed by atoms with van der Waals surface area (Å²) in [6.07, 6.45) is 0.472. The van der Waals surface area contributed by atoms with Crippen molar-refractivity contribution in [3.05, 3.63) is 93.5 Å². The molecular formula is C28H27Cl3N2O3. The smallest absolute Gasteiger partial charge is 0.322 e. The largest absolute Gasteiger partial charge is 0.497 e. The quantitative estimate of drug-likeness (QED) is 0.222. The molecule has 1 amide bonds. The number of rotatable bonds is 7. The number of amidine groups is 1. The monoisotopic (exact) mass is 544 g/mol. The van der Waals surface area contributed by atoms with Crippen LogP contribution in [0.1, 0.15) is 49.9 Å². The molecule has 1 aliphatic rings. The maximum atomic E-state index is 13.1. The number of benzene rings is 3. The van der Waals surface area contributed by atoms with E-state index < -0.39 is 16.9 Å². The molecule has 36 heavy (non-hydrogen) atoms. The van der Waals surface area contributed by atoms with Gasteiger partial charge in [0.05, 0.1) is 24.8 Å². The Labute approximate surface area is 226 Å². The van der Waals surface area contributed by atoms with E-state index in [1.165, 1.54) is 4.90 Å². The van der Waals surface area contributed by atoms with Gasteiger partial charge in [0.25, 0.3) is 0 Å². The zero-order valence-electron chi connectivity index (χ0n) is 20.5. The highest BCUT2D eigenvalue weighted by Crippen LogP contribution is 2.52. The SMILES string of the molecule is CC[C@@]1(c2ccc(Cl)cc2)N=C(c2ccc(OC)cc2OC(C)C)N(C(=O)Cl)[C@@H]1c1ccc(Cl)cc1. The van der Waals surface area contributed by atoms with Crippen LogP contribution in [-0.2, 0) is 5.54 Å². The molecule has 0 aromatic heterocycles. The molecule has 0 saturated heterocycles. The maximum absolute atomic E-state index is 13.1. The van der Waals surface area contributed by atoms with Crippen LogP contribution in [0.2, 0.25) is 10.0 Å². The highest BCUT2D eigenvalue weighted by atomic mass is 35.5. The fourth-order valence-corrected chi connectivity index (χ4v) is 5.12. The van der Waals surface area contributed by atoms with Gasteiger partial charge in [0.15, 0.2) is 0 Å². The standard InChI is InChI=1S/C28H27Cl3N2O3/c1-5-28(19-8-12-21(30)13-9-19)25(18-6-10-20(29)11-7-18)33(27(31)34)26(32-28)23-15-14-22(35-4)16-24(23)36-17(2)3/h6-17,25H,5H2,1-4H3/t25-,28+/m1/s1. The van der Waals surface area contributed by atoms with E-state index in [1.54, 1.807) is 25.3 Å². The number of ether oxygens (including phenoxy) is 2. The average molecular weight is 546 g/mol. The molecule has 8 heteroatoms. The second-order valence-corrected chi connectivity index (χ2v) is 10.0. The van der Waals surface area contributed by atoms with Gasteiger partial charge < -0.3 is 9.47 Å². The van der Waals surface area contributed by atoms with Crippen molar-refractivity contribution in [3.63, 3.8) is 0 Å². The molecule has 0 saturated carbocycles. The molecule has 3 aromatic carbocycles. The molecule has 5 nitrogen and oxygen atoms in total. The number of methoxy groups -OCH3 is 1. The summed E-state index contributed by atoms with van der Waals surface area (Å²) >= 11 is 18.7. The van der Waals surface area contributed by atoms with E-state index in [4.69, 9.17) is 49.3 Å². The van der Waals surface area contributed by atoms with E-state index in [1.807, 2.05) is 69.3 Å². The van der Waals surface area contributed by atoms with Gasteiger partial charge in [-0.3, -0.25) is 14.7 Å². The molecular weight excluding hydrogens is 519 g/mol. The lowest BCUT2D eigenvalue weighted by molar-refractivity contribution is 0.210. The van der Waals surface area contributed by atoms with Gasteiger partial charge in [-0.15, -0.1) is 0 Å². The minimum atomic E-state index is -0.840. The van der Waals surface area contributed by atoms with Gasteiger partial charge in [0.2, 0.25) is 0 Å². The molecule has 0 fully saturated rings. The van der Waals surface area contributed by atoms with E-state index in [0.717, 1.165) is 11.1 Å². The van der Waals surface area contributed by atoms with Gasteiger partial charge in [0, 0.05) is 16.1 Å². The number of halogens is 3. The molecule has 3 aromatic rings. The number of hydrogen-bond donors (Lipinski definition) is 0. The van der Waals surface area contributed by atoms with Gasteiger partial charge >= 0.3 is 5.37 Å². The molecule has 188 valence electrons. The number of carbonyl (C=O) groups excluding carboxylic acids is 1. The second-order valence-electron chi connectivity index (χ2n) is 8.83. The molecule has 2 atom stereocenters. The first-order valence-corrected chi connectivity index (χ1v) is 12.8. The van der Waals surface area contributed by atoms with Crippen LogP contribution in [0, 0.1) is 0 Å². The summed E-state index contributed by atoms with van der Waals surface area (Å²) < 4.78 is 11.6. The van der Waals surface area contributed by atoms with Crippen molar-refractivity contribution < 1.29 is 14.3 Å². The molecule has 1 aliphatic heterocycles. The summed E-state index contributed by atoms with van der Waals surface area (Å²) in [4.78, 5) is 19.9. The Morgan fingerprint density at radius 2 is 1.64 bits per heavy atom. The summed E-state index contributed by atoms with van der Waals surface area (Å²) in [5.41, 5.74) is 1.56. The van der Waals surface area contributed by atoms with Gasteiger partial charge in [-0.05, 0) is 79.4 Å². The summed E-state index contributed by atoms with van der Waals surface area (Å²) in [7, 11) is 1.59. The lowest BCUT2D eigenvalue weighted by atomic mass is 9.78. The molecule has 0 radical (unpaired) electrons. The minimum absolute atomic E-state index is 0.114. The van der Waals surface area contributed by atoms with Crippen molar-refractivity contribution in [3.8, 4) is 11.5 Å². The highest BCUT2D eigenvalue weighted by molar-refractivity contribution is 6.64. The van der Waals surface area contributed by atoms with Crippen LogP contribution in [0.4, 0.5) is 4.79 Å². The van der Waals surface area contributed by atoms with Crippen molar-refractivity contribution >= 4 is 46.0 Å². The number of nitrogens with zero attached hydrogens (tertiary/aromatic N) is 2. The molecule has 0 bridgehead atoms. The van der Waals surface area contributed by atoms with E-state index in [-0.39, 0.29) is 6.10 Å². The van der Waals surface area contributed by atoms with E-state index >= 15 is 0 Å². The first-order chi connectivity index (χ1) is 17.2. The van der Waals surface area contributed by atoms with Gasteiger partial charge in [-0.1, -0.05) is 54.4 Å². The van der Waals surface area contributed by atoms with E-state index in [0.29, 0.717) is 39.4 Å². The Bertz CT molecular complexity index is 1280. The van der Waals surface area contributed by atoms with Gasteiger partial charge in [-0.25, -0.2) is 0 Å². The van der Waals surface area contributed by atoms with Crippen LogP contribution in [0.25, 0.3) is 0 Å². The van der Waals surface area contributed by atoms with Crippen LogP contribution in [0.3, 0.4) is 0 Å². The predicted octanol–water partition coefficient (Wildman–Crippen LogP) is 8.26. The van der Waals surface area contributed by atoms with Crippen molar-refractivity contribution in [1.82, 2.24) is 4.90 Å². The van der Waals surface area contributed by atoms with Crippen molar-refractivity contribution in [2.45, 2.75) is 44.9 Å². The van der Waals surface area contributed by atoms with Crippen LogP contribution >= 0.6 is 34.8 Å². The molecule has 0 N–H and O–H groups in total. The van der Waals surface area contributed by atoms with E-state index in [9.17, 15) is 4.79 Å². The van der Waals surface area contributed by atoms with Crippen LogP contribution in [0.5, 0.6) is 11.5 Å². The lowest BCUT2D eigenvalue weighted by Crippen LogP contribution is -2.40. The normalized spacial score (nSPS) is 19.4. The minimum Gasteiger partial charge on any atom is -0.497 e. The van der Waals surface area contributed by atoms with Crippen molar-refractivity contribution in [2.24, 2.45) is 4.99 Å². The molecule has 4 rings (SSSR count). The van der Waals surface area contributed by atoms with Gasteiger partial charge in [0.1, 0.15) is 22.9 Å².